The molecule has 96 valence electrons. The average Bonchev–Trinajstić information content (AvgIpc) is 3.07. The second-order valence-electron chi connectivity index (χ2n) is 4.51. The fourth-order valence-corrected chi connectivity index (χ4v) is 1.75. The molecule has 3 rings (SSSR count). The Morgan fingerprint density at radius 1 is 1.42 bits per heavy atom. The minimum absolute atomic E-state index is 0.331. The van der Waals surface area contributed by atoms with E-state index in [1.54, 1.807) is 18.7 Å². The Morgan fingerprint density at radius 2 is 2.32 bits per heavy atom. The van der Waals surface area contributed by atoms with E-state index in [0.29, 0.717) is 6.10 Å². The Bertz CT molecular complexity index is 619. The van der Waals surface area contributed by atoms with Gasteiger partial charge >= 0.3 is 0 Å². The topological polar surface area (TPSA) is 50.8 Å². The minimum Gasteiger partial charge on any atom is -0.488 e. The van der Waals surface area contributed by atoms with Gasteiger partial charge in [-0.2, -0.15) is 0 Å². The van der Waals surface area contributed by atoms with Crippen LogP contribution in [0.15, 0.2) is 24.8 Å². The summed E-state index contributed by atoms with van der Waals surface area (Å²) >= 11 is 0. The van der Waals surface area contributed by atoms with Crippen molar-refractivity contribution in [3.8, 4) is 29.0 Å². The number of pyridine rings is 1. The van der Waals surface area contributed by atoms with Gasteiger partial charge in [0.15, 0.2) is 0 Å². The van der Waals surface area contributed by atoms with Crippen molar-refractivity contribution in [1.82, 2.24) is 15.0 Å². The maximum Gasteiger partial charge on any atom is 0.148 e. The normalized spacial score (nSPS) is 13.7. The Labute approximate surface area is 112 Å². The Morgan fingerprint density at radius 3 is 3.00 bits per heavy atom. The molecule has 0 bridgehead atoms. The van der Waals surface area contributed by atoms with Crippen LogP contribution in [0.3, 0.4) is 0 Å². The monoisotopic (exact) mass is 253 g/mol. The van der Waals surface area contributed by atoms with Gasteiger partial charge in [-0.05, 0) is 18.9 Å². The van der Waals surface area contributed by atoms with Crippen molar-refractivity contribution >= 4 is 0 Å². The first-order valence-corrected chi connectivity index (χ1v) is 6.51. The number of nitrogens with one attached hydrogen (secondary N) is 1. The standard InChI is InChI=1S/C15H15N3O/c1-2-3-4-11-7-14(19-12-5-6-12)15(17-8-11)13-9-16-10-18-13/h7-10,12H,2,5-6H2,1H3,(H,16,18). The first-order chi connectivity index (χ1) is 9.36. The molecule has 0 aromatic carbocycles. The van der Waals surface area contributed by atoms with Crippen molar-refractivity contribution < 1.29 is 4.74 Å². The Kier molecular flexibility index (Phi) is 3.20. The van der Waals surface area contributed by atoms with Crippen LogP contribution in [0.5, 0.6) is 5.75 Å². The number of hydrogen-bond donors (Lipinski definition) is 1. The van der Waals surface area contributed by atoms with Crippen molar-refractivity contribution in [2.75, 3.05) is 0 Å². The van der Waals surface area contributed by atoms with Crippen molar-refractivity contribution in [1.29, 1.82) is 0 Å². The quantitative estimate of drug-likeness (QED) is 0.856. The lowest BCUT2D eigenvalue weighted by atomic mass is 10.2. The maximum absolute atomic E-state index is 5.92. The number of imidazole rings is 1. The lowest BCUT2D eigenvalue weighted by molar-refractivity contribution is 0.303. The van der Waals surface area contributed by atoms with Gasteiger partial charge in [0.25, 0.3) is 0 Å². The third-order valence-corrected chi connectivity index (χ3v) is 2.83. The van der Waals surface area contributed by atoms with Crippen molar-refractivity contribution in [3.63, 3.8) is 0 Å². The molecule has 0 saturated heterocycles. The summed E-state index contributed by atoms with van der Waals surface area (Å²) in [6.07, 6.45) is 8.57. The smallest absolute Gasteiger partial charge is 0.148 e. The van der Waals surface area contributed by atoms with Crippen LogP contribution in [0.1, 0.15) is 31.7 Å². The van der Waals surface area contributed by atoms with Gasteiger partial charge in [-0.25, -0.2) is 9.97 Å². The zero-order valence-electron chi connectivity index (χ0n) is 10.8. The summed E-state index contributed by atoms with van der Waals surface area (Å²) in [5.41, 5.74) is 2.55. The predicted octanol–water partition coefficient (Wildman–Crippen LogP) is 2.77. The second-order valence-corrected chi connectivity index (χ2v) is 4.51. The molecule has 0 radical (unpaired) electrons. The van der Waals surface area contributed by atoms with E-state index in [4.69, 9.17) is 4.74 Å². The van der Waals surface area contributed by atoms with Crippen molar-refractivity contribution in [2.24, 2.45) is 0 Å². The van der Waals surface area contributed by atoms with E-state index in [2.05, 4.69) is 26.8 Å². The highest BCUT2D eigenvalue weighted by Gasteiger charge is 2.25. The molecular formula is C15H15N3O. The van der Waals surface area contributed by atoms with E-state index in [1.165, 1.54) is 0 Å². The van der Waals surface area contributed by atoms with Gasteiger partial charge in [-0.3, -0.25) is 0 Å². The molecule has 1 N–H and O–H groups in total. The van der Waals surface area contributed by atoms with Gasteiger partial charge in [0.2, 0.25) is 0 Å². The van der Waals surface area contributed by atoms with Gasteiger partial charge < -0.3 is 9.72 Å². The number of hydrogen-bond acceptors (Lipinski definition) is 3. The molecule has 0 amide bonds. The van der Waals surface area contributed by atoms with E-state index in [1.807, 2.05) is 13.0 Å². The first kappa shape index (κ1) is 11.8. The molecule has 2 heterocycles. The van der Waals surface area contributed by atoms with Crippen LogP contribution in [0.25, 0.3) is 11.4 Å². The van der Waals surface area contributed by atoms with Crippen LogP contribution in [-0.4, -0.2) is 21.1 Å². The van der Waals surface area contributed by atoms with E-state index in [0.717, 1.165) is 42.0 Å². The summed E-state index contributed by atoms with van der Waals surface area (Å²) in [5.74, 6) is 6.92. The number of rotatable bonds is 3. The summed E-state index contributed by atoms with van der Waals surface area (Å²) in [6.45, 7) is 2.03. The molecule has 1 aliphatic carbocycles. The molecule has 0 aliphatic heterocycles. The molecule has 0 spiro atoms. The Hall–Kier alpha value is -2.28. The SMILES string of the molecule is CCC#Cc1cnc(-c2cnc[nH]2)c(OC2CC2)c1. The molecule has 0 unspecified atom stereocenters. The second kappa shape index (κ2) is 5.15. The van der Waals surface area contributed by atoms with E-state index >= 15 is 0 Å². The van der Waals surface area contributed by atoms with Gasteiger partial charge in [0.1, 0.15) is 11.4 Å². The first-order valence-electron chi connectivity index (χ1n) is 6.51. The number of H-pyrrole nitrogens is 1. The highest BCUT2D eigenvalue weighted by molar-refractivity contribution is 5.63. The van der Waals surface area contributed by atoms with Gasteiger partial charge in [-0.1, -0.05) is 18.8 Å². The van der Waals surface area contributed by atoms with Gasteiger partial charge in [-0.15, -0.1) is 0 Å². The van der Waals surface area contributed by atoms with E-state index in [-0.39, 0.29) is 0 Å². The van der Waals surface area contributed by atoms with Crippen LogP contribution >= 0.6 is 0 Å². The molecule has 1 saturated carbocycles. The zero-order chi connectivity index (χ0) is 13.1. The third kappa shape index (κ3) is 2.76. The lowest BCUT2D eigenvalue weighted by Gasteiger charge is -2.09. The molecule has 4 nitrogen and oxygen atoms in total. The van der Waals surface area contributed by atoms with Crippen molar-refractivity contribution in [2.45, 2.75) is 32.3 Å². The fraction of sp³-hybridized carbons (Fsp3) is 0.333. The molecule has 2 aromatic heterocycles. The summed E-state index contributed by atoms with van der Waals surface area (Å²) in [5, 5.41) is 0. The highest BCUT2D eigenvalue weighted by Crippen LogP contribution is 2.33. The minimum atomic E-state index is 0.331. The fourth-order valence-electron chi connectivity index (χ4n) is 1.75. The van der Waals surface area contributed by atoms with Crippen LogP contribution in [0.2, 0.25) is 0 Å². The number of aromatic amines is 1. The largest absolute Gasteiger partial charge is 0.488 e. The predicted molar refractivity (Wildman–Crippen MR) is 72.6 cm³/mol. The Balaban J connectivity index is 1.98. The average molecular weight is 253 g/mol. The highest BCUT2D eigenvalue weighted by atomic mass is 16.5. The summed E-state index contributed by atoms with van der Waals surface area (Å²) in [4.78, 5) is 11.5. The van der Waals surface area contributed by atoms with E-state index in [9.17, 15) is 0 Å². The molecule has 1 aliphatic rings. The number of aromatic nitrogens is 3. The molecular weight excluding hydrogens is 238 g/mol. The van der Waals surface area contributed by atoms with Crippen LogP contribution < -0.4 is 4.74 Å². The summed E-state index contributed by atoms with van der Waals surface area (Å²) < 4.78 is 5.92. The molecule has 1 fully saturated rings. The van der Waals surface area contributed by atoms with E-state index < -0.39 is 0 Å². The molecule has 4 heteroatoms. The summed E-state index contributed by atoms with van der Waals surface area (Å²) in [7, 11) is 0. The number of nitrogens with zero attached hydrogens (tertiary/aromatic N) is 2. The third-order valence-electron chi connectivity index (χ3n) is 2.83. The molecule has 19 heavy (non-hydrogen) atoms. The molecule has 0 atom stereocenters. The lowest BCUT2D eigenvalue weighted by Crippen LogP contribution is -2.00. The van der Waals surface area contributed by atoms with Gasteiger partial charge in [0.05, 0.1) is 24.3 Å². The van der Waals surface area contributed by atoms with Crippen molar-refractivity contribution in [3.05, 3.63) is 30.4 Å². The number of ether oxygens (including phenoxy) is 1. The van der Waals surface area contributed by atoms with Crippen LogP contribution in [-0.2, 0) is 0 Å². The maximum atomic E-state index is 5.92. The van der Waals surface area contributed by atoms with Crippen LogP contribution in [0, 0.1) is 11.8 Å². The van der Waals surface area contributed by atoms with Crippen LogP contribution in [0.4, 0.5) is 0 Å². The van der Waals surface area contributed by atoms with Gasteiger partial charge in [0, 0.05) is 18.2 Å². The molecule has 2 aromatic rings. The zero-order valence-corrected chi connectivity index (χ0v) is 10.8. The summed E-state index contributed by atoms with van der Waals surface area (Å²) in [6, 6.07) is 1.96.